The molecule has 2 heterocycles. The van der Waals surface area contributed by atoms with E-state index in [0.29, 0.717) is 37.4 Å². The predicted octanol–water partition coefficient (Wildman–Crippen LogP) is 2.24. The van der Waals surface area contributed by atoms with E-state index >= 15 is 0 Å². The molecule has 1 unspecified atom stereocenters. The molecule has 0 bridgehead atoms. The van der Waals surface area contributed by atoms with E-state index in [4.69, 9.17) is 9.47 Å². The number of rotatable bonds is 10. The van der Waals surface area contributed by atoms with E-state index in [9.17, 15) is 9.59 Å². The molecule has 8 nitrogen and oxygen atoms in total. The second kappa shape index (κ2) is 12.0. The number of piperazine rings is 1. The molecule has 1 atom stereocenters. The molecule has 35 heavy (non-hydrogen) atoms. The zero-order valence-electron chi connectivity index (χ0n) is 20.7. The summed E-state index contributed by atoms with van der Waals surface area (Å²) >= 11 is 0. The van der Waals surface area contributed by atoms with Crippen molar-refractivity contribution in [3.05, 3.63) is 59.7 Å². The molecule has 2 aliphatic rings. The summed E-state index contributed by atoms with van der Waals surface area (Å²) in [6, 6.07) is 15.8. The number of ether oxygens (including phenoxy) is 2. The lowest BCUT2D eigenvalue weighted by Gasteiger charge is -2.34. The van der Waals surface area contributed by atoms with Crippen molar-refractivity contribution in [3.8, 4) is 11.5 Å². The summed E-state index contributed by atoms with van der Waals surface area (Å²) < 4.78 is 11.4. The number of amides is 2. The third kappa shape index (κ3) is 6.96. The maximum absolute atomic E-state index is 12.9. The molecule has 0 spiro atoms. The highest BCUT2D eigenvalue weighted by Gasteiger charge is 2.24. The molecule has 2 saturated heterocycles. The smallest absolute Gasteiger partial charge is 0.257 e. The van der Waals surface area contributed by atoms with Crippen LogP contribution in [0.3, 0.4) is 0 Å². The van der Waals surface area contributed by atoms with Gasteiger partial charge in [-0.25, -0.2) is 0 Å². The Morgan fingerprint density at radius 3 is 2.66 bits per heavy atom. The SMILES string of the molecule is COc1ccccc1C(=O)N1CCN(CCOc2cccc(CN(C)CC3CCC(=O)N3)c2)CC1. The van der Waals surface area contributed by atoms with Crippen LogP contribution in [0.2, 0.25) is 0 Å². The second-order valence-corrected chi connectivity index (χ2v) is 9.33. The number of benzene rings is 2. The van der Waals surface area contributed by atoms with Crippen LogP contribution in [0.15, 0.2) is 48.5 Å². The van der Waals surface area contributed by atoms with Gasteiger partial charge in [-0.15, -0.1) is 0 Å². The standard InChI is InChI=1S/C27H36N4O4/c1-29(20-22-10-11-26(32)28-22)19-21-6-5-7-23(18-21)35-17-16-30-12-14-31(15-13-30)27(33)24-8-3-4-9-25(24)34-2/h3-9,18,22H,10-17,19-20H2,1-2H3,(H,28,32). The average Bonchev–Trinajstić information content (AvgIpc) is 3.28. The molecule has 188 valence electrons. The lowest BCUT2D eigenvalue weighted by Crippen LogP contribution is -2.49. The van der Waals surface area contributed by atoms with Crippen LogP contribution >= 0.6 is 0 Å². The number of nitrogens with zero attached hydrogens (tertiary/aromatic N) is 3. The Labute approximate surface area is 207 Å². The molecular weight excluding hydrogens is 444 g/mol. The summed E-state index contributed by atoms with van der Waals surface area (Å²) in [6.45, 7) is 6.13. The van der Waals surface area contributed by atoms with E-state index in [1.165, 1.54) is 5.56 Å². The minimum Gasteiger partial charge on any atom is -0.496 e. The quantitative estimate of drug-likeness (QED) is 0.562. The Hall–Kier alpha value is -3.10. The number of likely N-dealkylation sites (N-methyl/N-ethyl adjacent to an activating group) is 1. The summed E-state index contributed by atoms with van der Waals surface area (Å²) in [5.74, 6) is 1.67. The van der Waals surface area contributed by atoms with Crippen molar-refractivity contribution in [1.82, 2.24) is 20.0 Å². The molecule has 2 fully saturated rings. The molecule has 2 aromatic rings. The Morgan fingerprint density at radius 1 is 1.11 bits per heavy atom. The summed E-state index contributed by atoms with van der Waals surface area (Å²) in [7, 11) is 3.67. The Bertz CT molecular complexity index is 1010. The molecule has 1 N–H and O–H groups in total. The van der Waals surface area contributed by atoms with Crippen molar-refractivity contribution in [2.45, 2.75) is 25.4 Å². The van der Waals surface area contributed by atoms with Crippen molar-refractivity contribution >= 4 is 11.8 Å². The van der Waals surface area contributed by atoms with Crippen LogP contribution in [-0.2, 0) is 11.3 Å². The Kier molecular flexibility index (Phi) is 8.60. The average molecular weight is 481 g/mol. The molecule has 0 radical (unpaired) electrons. The number of carbonyl (C=O) groups excluding carboxylic acids is 2. The Morgan fingerprint density at radius 2 is 1.91 bits per heavy atom. The number of para-hydroxylation sites is 1. The maximum Gasteiger partial charge on any atom is 0.257 e. The van der Waals surface area contributed by atoms with Gasteiger partial charge < -0.3 is 24.6 Å². The monoisotopic (exact) mass is 480 g/mol. The topological polar surface area (TPSA) is 74.4 Å². The van der Waals surface area contributed by atoms with Crippen molar-refractivity contribution in [1.29, 1.82) is 0 Å². The fourth-order valence-electron chi connectivity index (χ4n) is 4.76. The van der Waals surface area contributed by atoms with E-state index in [2.05, 4.69) is 34.3 Å². The largest absolute Gasteiger partial charge is 0.496 e. The first-order valence-electron chi connectivity index (χ1n) is 12.4. The van der Waals surface area contributed by atoms with Gasteiger partial charge in [0.05, 0.1) is 12.7 Å². The molecule has 0 aliphatic carbocycles. The molecule has 0 aromatic heterocycles. The van der Waals surface area contributed by atoms with Crippen LogP contribution in [0.25, 0.3) is 0 Å². The summed E-state index contributed by atoms with van der Waals surface area (Å²) in [5.41, 5.74) is 1.81. The van der Waals surface area contributed by atoms with Crippen molar-refractivity contribution in [2.24, 2.45) is 0 Å². The van der Waals surface area contributed by atoms with Crippen LogP contribution in [0.4, 0.5) is 0 Å². The second-order valence-electron chi connectivity index (χ2n) is 9.33. The van der Waals surface area contributed by atoms with E-state index < -0.39 is 0 Å². The van der Waals surface area contributed by atoms with Gasteiger partial charge in [0.2, 0.25) is 5.91 Å². The number of nitrogens with one attached hydrogen (secondary N) is 1. The van der Waals surface area contributed by atoms with Gasteiger partial charge in [-0.05, 0) is 43.3 Å². The lowest BCUT2D eigenvalue weighted by atomic mass is 10.1. The molecule has 2 amide bonds. The highest BCUT2D eigenvalue weighted by molar-refractivity contribution is 5.97. The molecular formula is C27H36N4O4. The normalized spacial score (nSPS) is 18.5. The third-order valence-corrected chi connectivity index (χ3v) is 6.64. The van der Waals surface area contributed by atoms with Gasteiger partial charge in [-0.1, -0.05) is 24.3 Å². The van der Waals surface area contributed by atoms with Gasteiger partial charge in [0.15, 0.2) is 0 Å². The minimum atomic E-state index is 0.0236. The summed E-state index contributed by atoms with van der Waals surface area (Å²) in [4.78, 5) is 30.8. The van der Waals surface area contributed by atoms with E-state index in [1.54, 1.807) is 7.11 Å². The fourth-order valence-corrected chi connectivity index (χ4v) is 4.76. The van der Waals surface area contributed by atoms with Crippen molar-refractivity contribution < 1.29 is 19.1 Å². The van der Waals surface area contributed by atoms with Crippen LogP contribution < -0.4 is 14.8 Å². The van der Waals surface area contributed by atoms with Crippen molar-refractivity contribution in [3.63, 3.8) is 0 Å². The fraction of sp³-hybridized carbons (Fsp3) is 0.481. The number of hydrogen-bond acceptors (Lipinski definition) is 6. The first kappa shape index (κ1) is 25.0. The lowest BCUT2D eigenvalue weighted by molar-refractivity contribution is -0.119. The molecule has 2 aliphatic heterocycles. The van der Waals surface area contributed by atoms with E-state index in [1.807, 2.05) is 41.3 Å². The zero-order chi connectivity index (χ0) is 24.6. The van der Waals surface area contributed by atoms with Crippen molar-refractivity contribution in [2.75, 3.05) is 60.0 Å². The third-order valence-electron chi connectivity index (χ3n) is 6.64. The Balaban J connectivity index is 1.18. The number of carbonyl (C=O) groups is 2. The number of methoxy groups -OCH3 is 1. The summed E-state index contributed by atoms with van der Waals surface area (Å²) in [5, 5.41) is 3.03. The number of hydrogen-bond donors (Lipinski definition) is 1. The van der Waals surface area contributed by atoms with E-state index in [0.717, 1.165) is 44.9 Å². The first-order valence-corrected chi connectivity index (χ1v) is 12.4. The molecule has 8 heteroatoms. The highest BCUT2D eigenvalue weighted by atomic mass is 16.5. The van der Waals surface area contributed by atoms with Gasteiger partial charge >= 0.3 is 0 Å². The van der Waals surface area contributed by atoms with Gasteiger partial charge in [-0.2, -0.15) is 0 Å². The van der Waals surface area contributed by atoms with Crippen LogP contribution in [0.5, 0.6) is 11.5 Å². The first-order chi connectivity index (χ1) is 17.0. The minimum absolute atomic E-state index is 0.0236. The van der Waals surface area contributed by atoms with Crippen LogP contribution in [0.1, 0.15) is 28.8 Å². The predicted molar refractivity (Wildman–Crippen MR) is 135 cm³/mol. The molecule has 4 rings (SSSR count). The summed E-state index contributed by atoms with van der Waals surface area (Å²) in [6.07, 6.45) is 1.55. The van der Waals surface area contributed by atoms with Gasteiger partial charge in [-0.3, -0.25) is 14.5 Å². The maximum atomic E-state index is 12.9. The van der Waals surface area contributed by atoms with Gasteiger partial charge in [0.1, 0.15) is 18.1 Å². The zero-order valence-corrected chi connectivity index (χ0v) is 20.7. The molecule has 2 aromatic carbocycles. The molecule has 0 saturated carbocycles. The highest BCUT2D eigenvalue weighted by Crippen LogP contribution is 2.20. The van der Waals surface area contributed by atoms with Crippen LogP contribution in [0, 0.1) is 0 Å². The van der Waals surface area contributed by atoms with Gasteiger partial charge in [0.25, 0.3) is 5.91 Å². The van der Waals surface area contributed by atoms with Gasteiger partial charge in [0, 0.05) is 58.3 Å². The van der Waals surface area contributed by atoms with Crippen LogP contribution in [-0.4, -0.2) is 92.6 Å². The van der Waals surface area contributed by atoms with E-state index in [-0.39, 0.29) is 17.9 Å².